The number of hydrogen-bond acceptors (Lipinski definition) is 9. The SMILES string of the molecule is CCOC(=O)C1=C(C)N=c2sc(=Cc3ccc(OCC(=O)O)cc3)c(=O)n2[C@@H]1c1ccc(OC)cc1OC. The number of rotatable bonds is 9. The summed E-state index contributed by atoms with van der Waals surface area (Å²) >= 11 is 1.19. The van der Waals surface area contributed by atoms with E-state index in [4.69, 9.17) is 24.1 Å². The molecule has 0 aliphatic carbocycles. The van der Waals surface area contributed by atoms with Gasteiger partial charge in [0.05, 0.1) is 36.6 Å². The molecule has 198 valence electrons. The van der Waals surface area contributed by atoms with Crippen LogP contribution in [-0.4, -0.2) is 49.0 Å². The normalized spacial score (nSPS) is 14.9. The van der Waals surface area contributed by atoms with Crippen molar-refractivity contribution in [3.63, 3.8) is 0 Å². The highest BCUT2D eigenvalue weighted by atomic mass is 32.1. The maximum absolute atomic E-state index is 13.8. The van der Waals surface area contributed by atoms with Crippen LogP contribution in [0.25, 0.3) is 6.08 Å². The molecule has 2 aromatic carbocycles. The predicted molar refractivity (Wildman–Crippen MR) is 140 cm³/mol. The van der Waals surface area contributed by atoms with Crippen LogP contribution in [0.3, 0.4) is 0 Å². The van der Waals surface area contributed by atoms with Crippen LogP contribution >= 0.6 is 11.3 Å². The number of hydrogen-bond donors (Lipinski definition) is 1. The van der Waals surface area contributed by atoms with Gasteiger partial charge in [0.2, 0.25) is 0 Å². The molecule has 1 aromatic heterocycles. The van der Waals surface area contributed by atoms with E-state index in [1.54, 1.807) is 62.4 Å². The summed E-state index contributed by atoms with van der Waals surface area (Å²) in [7, 11) is 3.04. The number of aromatic nitrogens is 1. The molecule has 11 heteroatoms. The number of esters is 1. The number of ether oxygens (including phenoxy) is 4. The Balaban J connectivity index is 1.86. The van der Waals surface area contributed by atoms with Gasteiger partial charge in [0, 0.05) is 11.6 Å². The van der Waals surface area contributed by atoms with Crippen LogP contribution in [-0.2, 0) is 14.3 Å². The molecule has 0 fully saturated rings. The minimum atomic E-state index is -1.07. The fraction of sp³-hybridized carbons (Fsp3) is 0.259. The molecule has 0 amide bonds. The first-order valence-electron chi connectivity index (χ1n) is 11.6. The quantitative estimate of drug-likeness (QED) is 0.412. The van der Waals surface area contributed by atoms with Gasteiger partial charge < -0.3 is 24.1 Å². The summed E-state index contributed by atoms with van der Waals surface area (Å²) in [5.41, 5.74) is 1.64. The van der Waals surface area contributed by atoms with Crippen LogP contribution in [0.1, 0.15) is 31.0 Å². The first-order valence-corrected chi connectivity index (χ1v) is 12.4. The van der Waals surface area contributed by atoms with E-state index in [9.17, 15) is 14.4 Å². The van der Waals surface area contributed by atoms with E-state index in [1.165, 1.54) is 30.1 Å². The third kappa shape index (κ3) is 5.32. The molecule has 1 aliphatic heterocycles. The molecule has 0 saturated heterocycles. The lowest BCUT2D eigenvalue weighted by Gasteiger charge is -2.26. The van der Waals surface area contributed by atoms with Crippen molar-refractivity contribution >= 4 is 29.4 Å². The molecule has 2 heterocycles. The summed E-state index contributed by atoms with van der Waals surface area (Å²) in [6, 6.07) is 11.0. The van der Waals surface area contributed by atoms with Crippen LogP contribution < -0.4 is 29.1 Å². The molecule has 10 nitrogen and oxygen atoms in total. The molecule has 1 atom stereocenters. The number of thiazole rings is 1. The minimum absolute atomic E-state index is 0.165. The molecule has 38 heavy (non-hydrogen) atoms. The van der Waals surface area contributed by atoms with E-state index >= 15 is 0 Å². The van der Waals surface area contributed by atoms with Gasteiger partial charge in [-0.15, -0.1) is 0 Å². The number of allylic oxidation sites excluding steroid dienone is 1. The second kappa shape index (κ2) is 11.3. The summed E-state index contributed by atoms with van der Waals surface area (Å²) in [6.45, 7) is 3.14. The Morgan fingerprint density at radius 1 is 1.11 bits per heavy atom. The van der Waals surface area contributed by atoms with Crippen LogP contribution in [0.15, 0.2) is 63.5 Å². The van der Waals surface area contributed by atoms with E-state index in [2.05, 4.69) is 4.99 Å². The Kier molecular flexibility index (Phi) is 7.96. The second-order valence-corrected chi connectivity index (χ2v) is 9.17. The predicted octanol–water partition coefficient (Wildman–Crippen LogP) is 2.28. The van der Waals surface area contributed by atoms with Crippen molar-refractivity contribution in [1.29, 1.82) is 0 Å². The summed E-state index contributed by atoms with van der Waals surface area (Å²) in [5, 5.41) is 8.78. The number of carboxylic acid groups (broad SMARTS) is 1. The molecule has 0 saturated carbocycles. The third-order valence-corrected chi connectivity index (χ3v) is 6.78. The zero-order chi connectivity index (χ0) is 27.4. The smallest absolute Gasteiger partial charge is 0.341 e. The highest BCUT2D eigenvalue weighted by Crippen LogP contribution is 2.37. The summed E-state index contributed by atoms with van der Waals surface area (Å²) < 4.78 is 23.3. The van der Waals surface area contributed by atoms with Gasteiger partial charge in [-0.2, -0.15) is 0 Å². The van der Waals surface area contributed by atoms with Crippen LogP contribution in [0.5, 0.6) is 17.2 Å². The van der Waals surface area contributed by atoms with Gasteiger partial charge in [0.25, 0.3) is 5.56 Å². The number of benzene rings is 2. The number of aliphatic carboxylic acids is 1. The number of methoxy groups -OCH3 is 2. The Bertz CT molecular complexity index is 1580. The zero-order valence-corrected chi connectivity index (χ0v) is 22.0. The van der Waals surface area contributed by atoms with Gasteiger partial charge >= 0.3 is 11.9 Å². The van der Waals surface area contributed by atoms with Crippen LogP contribution in [0, 0.1) is 0 Å². The van der Waals surface area contributed by atoms with Crippen molar-refractivity contribution in [3.05, 3.63) is 84.5 Å². The summed E-state index contributed by atoms with van der Waals surface area (Å²) in [6.07, 6.45) is 1.70. The first-order chi connectivity index (χ1) is 18.3. The van der Waals surface area contributed by atoms with Gasteiger partial charge in [-0.1, -0.05) is 23.5 Å². The van der Waals surface area contributed by atoms with Gasteiger partial charge in [0.15, 0.2) is 11.4 Å². The highest BCUT2D eigenvalue weighted by Gasteiger charge is 2.35. The zero-order valence-electron chi connectivity index (χ0n) is 21.2. The average Bonchev–Trinajstić information content (AvgIpc) is 3.21. The monoisotopic (exact) mass is 538 g/mol. The molecule has 4 rings (SSSR count). The lowest BCUT2D eigenvalue weighted by Crippen LogP contribution is -2.40. The molecule has 1 aliphatic rings. The van der Waals surface area contributed by atoms with E-state index in [1.807, 2.05) is 0 Å². The van der Waals surface area contributed by atoms with E-state index in [-0.39, 0.29) is 17.7 Å². The molecule has 0 radical (unpaired) electrons. The van der Waals surface area contributed by atoms with Crippen molar-refractivity contribution < 1.29 is 33.6 Å². The van der Waals surface area contributed by atoms with Gasteiger partial charge in [-0.25, -0.2) is 14.6 Å². The lowest BCUT2D eigenvalue weighted by molar-refractivity contribution is -0.140. The lowest BCUT2D eigenvalue weighted by atomic mass is 9.95. The fourth-order valence-corrected chi connectivity index (χ4v) is 5.13. The van der Waals surface area contributed by atoms with Gasteiger partial charge in [0.1, 0.15) is 23.3 Å². The van der Waals surface area contributed by atoms with Crippen LogP contribution in [0.4, 0.5) is 0 Å². The second-order valence-electron chi connectivity index (χ2n) is 8.16. The fourth-order valence-electron chi connectivity index (χ4n) is 4.09. The van der Waals surface area contributed by atoms with E-state index in [0.29, 0.717) is 43.4 Å². The minimum Gasteiger partial charge on any atom is -0.497 e. The maximum atomic E-state index is 13.8. The Morgan fingerprint density at radius 3 is 2.45 bits per heavy atom. The highest BCUT2D eigenvalue weighted by molar-refractivity contribution is 7.07. The van der Waals surface area contributed by atoms with Crippen molar-refractivity contribution in [2.24, 2.45) is 4.99 Å². The van der Waals surface area contributed by atoms with Gasteiger partial charge in [-0.3, -0.25) is 9.36 Å². The molecule has 0 bridgehead atoms. The third-order valence-electron chi connectivity index (χ3n) is 5.79. The molecule has 3 aromatic rings. The molecule has 1 N–H and O–H groups in total. The number of nitrogens with zero attached hydrogens (tertiary/aromatic N) is 2. The number of carboxylic acids is 1. The van der Waals surface area contributed by atoms with E-state index < -0.39 is 24.6 Å². The number of fused-ring (bicyclic) bond motifs is 1. The molecule has 0 spiro atoms. The molecule has 0 unspecified atom stereocenters. The molecular formula is C27H26N2O8S. The average molecular weight is 539 g/mol. The Hall–Kier alpha value is -4.38. The topological polar surface area (TPSA) is 126 Å². The molecular weight excluding hydrogens is 512 g/mol. The van der Waals surface area contributed by atoms with Crippen molar-refractivity contribution in [3.8, 4) is 17.2 Å². The summed E-state index contributed by atoms with van der Waals surface area (Å²) in [5.74, 6) is -0.240. The van der Waals surface area contributed by atoms with Crippen molar-refractivity contribution in [1.82, 2.24) is 4.57 Å². The van der Waals surface area contributed by atoms with Crippen LogP contribution in [0.2, 0.25) is 0 Å². The standard InChI is InChI=1S/C27H26N2O8S/c1-5-36-26(33)23-15(2)28-27-29(24(23)19-11-10-18(34-3)13-20(19)35-4)25(32)21(38-27)12-16-6-8-17(9-7-16)37-14-22(30)31/h6-13,24H,5,14H2,1-4H3,(H,30,31)/t24-/m1/s1. The van der Waals surface area contributed by atoms with Crippen molar-refractivity contribution in [2.45, 2.75) is 19.9 Å². The maximum Gasteiger partial charge on any atom is 0.341 e. The first kappa shape index (κ1) is 26.7. The number of carbonyl (C=O) groups is 2. The van der Waals surface area contributed by atoms with Gasteiger partial charge in [-0.05, 0) is 49.8 Å². The van der Waals surface area contributed by atoms with E-state index in [0.717, 1.165) is 0 Å². The summed E-state index contributed by atoms with van der Waals surface area (Å²) in [4.78, 5) is 42.6. The Morgan fingerprint density at radius 2 is 1.82 bits per heavy atom. The van der Waals surface area contributed by atoms with Crippen molar-refractivity contribution in [2.75, 3.05) is 27.4 Å². The Labute approximate surface area is 221 Å². The number of carbonyl (C=O) groups excluding carboxylic acids is 1. The largest absolute Gasteiger partial charge is 0.497 e.